The molecule has 3 heteroatoms. The Bertz CT molecular complexity index is 511. The van der Waals surface area contributed by atoms with Crippen LogP contribution >= 0.6 is 0 Å². The van der Waals surface area contributed by atoms with Gasteiger partial charge in [-0.25, -0.2) is 4.79 Å². The zero-order chi connectivity index (χ0) is 16.0. The number of esters is 1. The summed E-state index contributed by atoms with van der Waals surface area (Å²) in [6.45, 7) is 3.57. The van der Waals surface area contributed by atoms with E-state index in [4.69, 9.17) is 4.74 Å². The Balaban J connectivity index is 2.20. The molecule has 22 heavy (non-hydrogen) atoms. The van der Waals surface area contributed by atoms with Crippen LogP contribution in [0.25, 0.3) is 0 Å². The molecule has 1 aliphatic rings. The summed E-state index contributed by atoms with van der Waals surface area (Å²) in [6.07, 6.45) is 8.25. The lowest BCUT2D eigenvalue weighted by molar-refractivity contribution is -0.132. The molecule has 0 bridgehead atoms. The molecule has 1 unspecified atom stereocenters. The van der Waals surface area contributed by atoms with E-state index in [0.717, 1.165) is 12.8 Å². The fraction of sp³-hybridized carbons (Fsp3) is 0.526. The quantitative estimate of drug-likeness (QED) is 0.502. The Morgan fingerprint density at radius 2 is 1.91 bits per heavy atom. The highest BCUT2D eigenvalue weighted by molar-refractivity contribution is 5.92. The molecule has 3 nitrogen and oxygen atoms in total. The number of ether oxygens (including phenoxy) is 1. The van der Waals surface area contributed by atoms with Crippen molar-refractivity contribution in [2.24, 2.45) is 5.92 Å². The van der Waals surface area contributed by atoms with Crippen LogP contribution in [0, 0.1) is 5.92 Å². The van der Waals surface area contributed by atoms with E-state index in [9.17, 15) is 9.90 Å². The minimum Gasteiger partial charge on any atom is -0.423 e. The van der Waals surface area contributed by atoms with Crippen molar-refractivity contribution in [2.75, 3.05) is 0 Å². The van der Waals surface area contributed by atoms with Gasteiger partial charge in [-0.05, 0) is 44.2 Å². The smallest absolute Gasteiger partial charge is 0.342 e. The largest absolute Gasteiger partial charge is 0.423 e. The van der Waals surface area contributed by atoms with E-state index in [1.54, 1.807) is 19.1 Å². The molecule has 0 amide bonds. The first-order valence-electron chi connectivity index (χ1n) is 8.25. The Morgan fingerprint density at radius 1 is 1.27 bits per heavy atom. The first kappa shape index (κ1) is 16.8. The molecule has 1 aromatic carbocycles. The summed E-state index contributed by atoms with van der Waals surface area (Å²) < 4.78 is 5.44. The van der Waals surface area contributed by atoms with Crippen LogP contribution in [0.5, 0.6) is 5.75 Å². The molecule has 1 N–H and O–H groups in total. The Kier molecular flexibility index (Phi) is 5.78. The molecular weight excluding hydrogens is 276 g/mol. The molecule has 0 radical (unpaired) electrons. The molecule has 1 fully saturated rings. The number of allylic oxidation sites excluding steroid dienone is 1. The summed E-state index contributed by atoms with van der Waals surface area (Å²) >= 11 is 0. The number of hydrogen-bond acceptors (Lipinski definition) is 3. The van der Waals surface area contributed by atoms with Crippen LogP contribution in [0.15, 0.2) is 42.0 Å². The normalized spacial score (nSPS) is 19.5. The van der Waals surface area contributed by atoms with Crippen molar-refractivity contribution in [3.05, 3.63) is 42.0 Å². The van der Waals surface area contributed by atoms with Crippen molar-refractivity contribution < 1.29 is 14.6 Å². The zero-order valence-electron chi connectivity index (χ0n) is 13.5. The van der Waals surface area contributed by atoms with Crippen molar-refractivity contribution in [2.45, 2.75) is 58.0 Å². The molecule has 0 heterocycles. The number of carbonyl (C=O) groups excluding carboxylic acids is 1. The van der Waals surface area contributed by atoms with E-state index in [2.05, 4.69) is 0 Å². The lowest BCUT2D eigenvalue weighted by Gasteiger charge is -2.27. The predicted molar refractivity (Wildman–Crippen MR) is 87.6 cm³/mol. The highest BCUT2D eigenvalue weighted by Gasteiger charge is 2.32. The van der Waals surface area contributed by atoms with Gasteiger partial charge in [-0.15, -0.1) is 0 Å². The molecule has 0 aromatic heterocycles. The van der Waals surface area contributed by atoms with Gasteiger partial charge >= 0.3 is 5.97 Å². The van der Waals surface area contributed by atoms with Crippen LogP contribution in [0.1, 0.15) is 52.4 Å². The maximum absolute atomic E-state index is 12.5. The van der Waals surface area contributed by atoms with Gasteiger partial charge in [0.25, 0.3) is 0 Å². The molecule has 0 saturated heterocycles. The van der Waals surface area contributed by atoms with E-state index in [-0.39, 0.29) is 0 Å². The molecule has 0 aliphatic heterocycles. The summed E-state index contributed by atoms with van der Waals surface area (Å²) in [5, 5.41) is 10.6. The van der Waals surface area contributed by atoms with Gasteiger partial charge in [0.2, 0.25) is 0 Å². The molecular formula is C19H26O3. The average molecular weight is 302 g/mol. The van der Waals surface area contributed by atoms with Gasteiger partial charge in [0, 0.05) is 0 Å². The van der Waals surface area contributed by atoms with Gasteiger partial charge in [-0.1, -0.05) is 50.5 Å². The number of carbonyl (C=O) groups is 1. The molecule has 1 saturated carbocycles. The van der Waals surface area contributed by atoms with Gasteiger partial charge in [0.15, 0.2) is 0 Å². The second kappa shape index (κ2) is 7.59. The van der Waals surface area contributed by atoms with E-state index in [0.29, 0.717) is 23.7 Å². The van der Waals surface area contributed by atoms with Gasteiger partial charge in [0.1, 0.15) is 5.75 Å². The second-order valence-corrected chi connectivity index (χ2v) is 6.31. The lowest BCUT2D eigenvalue weighted by Crippen LogP contribution is -2.33. The van der Waals surface area contributed by atoms with Crippen LogP contribution in [0.4, 0.5) is 0 Å². The average Bonchev–Trinajstić information content (AvgIpc) is 2.54. The molecule has 0 spiro atoms. The van der Waals surface area contributed by atoms with Gasteiger partial charge in [-0.3, -0.25) is 0 Å². The van der Waals surface area contributed by atoms with Crippen molar-refractivity contribution >= 4 is 5.97 Å². The molecule has 2 rings (SSSR count). The van der Waals surface area contributed by atoms with Crippen LogP contribution < -0.4 is 4.74 Å². The van der Waals surface area contributed by atoms with E-state index >= 15 is 0 Å². The predicted octanol–water partition coefficient (Wildman–Crippen LogP) is 4.26. The maximum atomic E-state index is 12.5. The molecule has 1 aliphatic carbocycles. The topological polar surface area (TPSA) is 46.5 Å². The Morgan fingerprint density at radius 3 is 2.50 bits per heavy atom. The SMILES string of the molecule is CCC(C)(O)/C(=C/C1CCCCC1)C(=O)Oc1ccccc1. The van der Waals surface area contributed by atoms with Crippen molar-refractivity contribution in [3.8, 4) is 5.75 Å². The lowest BCUT2D eigenvalue weighted by atomic mass is 9.84. The summed E-state index contributed by atoms with van der Waals surface area (Å²) in [4.78, 5) is 12.5. The number of aliphatic hydroxyl groups is 1. The van der Waals surface area contributed by atoms with Gasteiger partial charge in [-0.2, -0.15) is 0 Å². The Hall–Kier alpha value is -1.61. The molecule has 1 atom stereocenters. The van der Waals surface area contributed by atoms with Crippen molar-refractivity contribution in [3.63, 3.8) is 0 Å². The van der Waals surface area contributed by atoms with Gasteiger partial charge in [0.05, 0.1) is 11.2 Å². The first-order valence-corrected chi connectivity index (χ1v) is 8.25. The minimum atomic E-state index is -1.15. The van der Waals surface area contributed by atoms with Gasteiger partial charge < -0.3 is 9.84 Å². The Labute approximate surface area is 133 Å². The third-order valence-electron chi connectivity index (χ3n) is 4.49. The highest BCUT2D eigenvalue weighted by Crippen LogP contribution is 2.30. The zero-order valence-corrected chi connectivity index (χ0v) is 13.5. The van der Waals surface area contributed by atoms with Crippen LogP contribution in [-0.2, 0) is 4.79 Å². The molecule has 1 aromatic rings. The summed E-state index contributed by atoms with van der Waals surface area (Å²) in [5.41, 5.74) is -0.755. The maximum Gasteiger partial charge on any atom is 0.342 e. The summed E-state index contributed by atoms with van der Waals surface area (Å²) in [5.74, 6) is 0.433. The number of rotatable bonds is 5. The second-order valence-electron chi connectivity index (χ2n) is 6.31. The van der Waals surface area contributed by atoms with E-state index < -0.39 is 11.6 Å². The first-order chi connectivity index (χ1) is 10.5. The van der Waals surface area contributed by atoms with Crippen LogP contribution in [-0.4, -0.2) is 16.7 Å². The van der Waals surface area contributed by atoms with Crippen molar-refractivity contribution in [1.82, 2.24) is 0 Å². The summed E-state index contributed by atoms with van der Waals surface area (Å²) in [6, 6.07) is 9.02. The van der Waals surface area contributed by atoms with Crippen molar-refractivity contribution in [1.29, 1.82) is 0 Å². The highest BCUT2D eigenvalue weighted by atomic mass is 16.5. The van der Waals surface area contributed by atoms with Crippen LogP contribution in [0.3, 0.4) is 0 Å². The monoisotopic (exact) mass is 302 g/mol. The van der Waals surface area contributed by atoms with E-state index in [1.165, 1.54) is 19.3 Å². The minimum absolute atomic E-state index is 0.366. The fourth-order valence-corrected chi connectivity index (χ4v) is 2.84. The number of hydrogen-bond donors (Lipinski definition) is 1. The summed E-state index contributed by atoms with van der Waals surface area (Å²) in [7, 11) is 0. The standard InChI is InChI=1S/C19H26O3/c1-3-19(2,21)17(14-15-10-6-4-7-11-15)18(20)22-16-12-8-5-9-13-16/h5,8-9,12-15,21H,3-4,6-7,10-11H2,1-2H3/b17-14+. The van der Waals surface area contributed by atoms with E-state index in [1.807, 2.05) is 31.2 Å². The fourth-order valence-electron chi connectivity index (χ4n) is 2.84. The third-order valence-corrected chi connectivity index (χ3v) is 4.49. The molecule has 120 valence electrons. The number of benzene rings is 1. The third kappa shape index (κ3) is 4.44. The number of para-hydroxylation sites is 1. The van der Waals surface area contributed by atoms with Crippen LogP contribution in [0.2, 0.25) is 0 Å².